The van der Waals surface area contributed by atoms with E-state index in [0.717, 1.165) is 0 Å². The lowest BCUT2D eigenvalue weighted by Gasteiger charge is -2.01. The second kappa shape index (κ2) is 3.37. The molecule has 0 aliphatic carbocycles. The number of nitrogens with zero attached hydrogens (tertiary/aromatic N) is 3. The van der Waals surface area contributed by atoms with Crippen molar-refractivity contribution in [2.24, 2.45) is 5.73 Å². The molecule has 76 valence electrons. The van der Waals surface area contributed by atoms with Crippen LogP contribution in [0.1, 0.15) is 10.5 Å². The number of hydrogen-bond acceptors (Lipinski definition) is 5. The van der Waals surface area contributed by atoms with Crippen LogP contribution in [0.15, 0.2) is 18.6 Å². The molecule has 0 bridgehead atoms. The number of aromatic amines is 1. The minimum atomic E-state index is -0.703. The molecule has 0 aromatic carbocycles. The number of nitrogen functional groups attached to an aromatic ring is 1. The largest absolute Gasteiger partial charge is 0.382 e. The van der Waals surface area contributed by atoms with Gasteiger partial charge in [0.25, 0.3) is 5.91 Å². The highest BCUT2D eigenvalue weighted by atomic mass is 16.1. The molecule has 0 spiro atoms. The van der Waals surface area contributed by atoms with Gasteiger partial charge in [0, 0.05) is 11.8 Å². The molecule has 0 aliphatic rings. The van der Waals surface area contributed by atoms with E-state index in [-0.39, 0.29) is 11.5 Å². The number of amides is 1. The average Bonchev–Trinajstić information content (AvgIpc) is 2.71. The number of anilines is 1. The van der Waals surface area contributed by atoms with E-state index < -0.39 is 5.91 Å². The van der Waals surface area contributed by atoms with Crippen LogP contribution in [0.3, 0.4) is 0 Å². The Balaban J connectivity index is 2.52. The van der Waals surface area contributed by atoms with Gasteiger partial charge in [0.1, 0.15) is 0 Å². The Labute approximate surface area is 84.5 Å². The molecular weight excluding hydrogens is 196 g/mol. The number of carbonyl (C=O) groups is 1. The number of nitrogens with two attached hydrogens (primary N) is 2. The minimum absolute atomic E-state index is 0.0229. The zero-order valence-electron chi connectivity index (χ0n) is 7.64. The molecule has 7 nitrogen and oxygen atoms in total. The topological polar surface area (TPSA) is 124 Å². The Hall–Kier alpha value is -2.44. The molecule has 0 saturated heterocycles. The highest BCUT2D eigenvalue weighted by molar-refractivity contribution is 5.95. The number of aromatic nitrogens is 4. The summed E-state index contributed by atoms with van der Waals surface area (Å²) in [6, 6.07) is 0. The zero-order valence-corrected chi connectivity index (χ0v) is 7.64. The number of hydrogen-bond donors (Lipinski definition) is 3. The minimum Gasteiger partial charge on any atom is -0.382 e. The second-order valence-electron chi connectivity index (χ2n) is 2.84. The molecule has 2 aromatic rings. The Bertz CT molecular complexity index is 492. The molecule has 2 rings (SSSR count). The molecule has 0 fully saturated rings. The van der Waals surface area contributed by atoms with Crippen LogP contribution in [0.2, 0.25) is 0 Å². The third-order valence-electron chi connectivity index (χ3n) is 1.83. The predicted octanol–water partition coefficient (Wildman–Crippen LogP) is -0.452. The maximum Gasteiger partial charge on any atom is 0.271 e. The van der Waals surface area contributed by atoms with Gasteiger partial charge < -0.3 is 11.5 Å². The van der Waals surface area contributed by atoms with Crippen LogP contribution in [0, 0.1) is 0 Å². The number of rotatable bonds is 2. The SMILES string of the molecule is NC(=O)c1nc(-c2cn[nH]c2)cnc1N. The smallest absolute Gasteiger partial charge is 0.271 e. The fourth-order valence-corrected chi connectivity index (χ4v) is 1.11. The lowest BCUT2D eigenvalue weighted by Crippen LogP contribution is -2.16. The van der Waals surface area contributed by atoms with E-state index in [9.17, 15) is 4.79 Å². The maximum absolute atomic E-state index is 11.0. The molecule has 0 atom stereocenters. The summed E-state index contributed by atoms with van der Waals surface area (Å²) in [5.74, 6) is -0.680. The summed E-state index contributed by atoms with van der Waals surface area (Å²) in [7, 11) is 0. The summed E-state index contributed by atoms with van der Waals surface area (Å²) in [4.78, 5) is 18.8. The van der Waals surface area contributed by atoms with E-state index in [2.05, 4.69) is 20.2 Å². The van der Waals surface area contributed by atoms with Gasteiger partial charge in [0.15, 0.2) is 11.5 Å². The maximum atomic E-state index is 11.0. The molecule has 0 radical (unpaired) electrons. The Morgan fingerprint density at radius 3 is 2.80 bits per heavy atom. The van der Waals surface area contributed by atoms with Crippen LogP contribution in [0.4, 0.5) is 5.82 Å². The normalized spacial score (nSPS) is 10.1. The van der Waals surface area contributed by atoms with Crippen LogP contribution in [0.25, 0.3) is 11.3 Å². The monoisotopic (exact) mass is 204 g/mol. The van der Waals surface area contributed by atoms with Crippen LogP contribution >= 0.6 is 0 Å². The Morgan fingerprint density at radius 2 is 2.20 bits per heavy atom. The van der Waals surface area contributed by atoms with Gasteiger partial charge in [-0.2, -0.15) is 5.10 Å². The van der Waals surface area contributed by atoms with Crippen molar-refractivity contribution in [1.29, 1.82) is 0 Å². The van der Waals surface area contributed by atoms with Gasteiger partial charge in [0.05, 0.1) is 18.1 Å². The molecule has 0 aliphatic heterocycles. The first kappa shape index (κ1) is 9.13. The van der Waals surface area contributed by atoms with E-state index >= 15 is 0 Å². The first-order valence-corrected chi connectivity index (χ1v) is 4.10. The van der Waals surface area contributed by atoms with Crippen LogP contribution < -0.4 is 11.5 Å². The molecule has 0 unspecified atom stereocenters. The molecule has 7 heteroatoms. The van der Waals surface area contributed by atoms with Crippen molar-refractivity contribution in [3.8, 4) is 11.3 Å². The molecule has 0 saturated carbocycles. The lowest BCUT2D eigenvalue weighted by atomic mass is 10.2. The van der Waals surface area contributed by atoms with E-state index in [1.807, 2.05) is 0 Å². The molecule has 1 amide bonds. The number of nitrogens with one attached hydrogen (secondary N) is 1. The van der Waals surface area contributed by atoms with Crippen molar-refractivity contribution in [3.63, 3.8) is 0 Å². The molecule has 2 heterocycles. The highest BCUT2D eigenvalue weighted by Crippen LogP contribution is 2.16. The van der Waals surface area contributed by atoms with Crippen molar-refractivity contribution in [2.45, 2.75) is 0 Å². The summed E-state index contributed by atoms with van der Waals surface area (Å²) < 4.78 is 0. The van der Waals surface area contributed by atoms with E-state index in [4.69, 9.17) is 11.5 Å². The average molecular weight is 204 g/mol. The van der Waals surface area contributed by atoms with E-state index in [1.165, 1.54) is 6.20 Å². The van der Waals surface area contributed by atoms with Gasteiger partial charge in [-0.3, -0.25) is 9.89 Å². The van der Waals surface area contributed by atoms with Gasteiger partial charge in [-0.05, 0) is 0 Å². The lowest BCUT2D eigenvalue weighted by molar-refractivity contribution is 0.0996. The zero-order chi connectivity index (χ0) is 10.8. The van der Waals surface area contributed by atoms with E-state index in [1.54, 1.807) is 12.4 Å². The quantitative estimate of drug-likeness (QED) is 0.611. The molecule has 5 N–H and O–H groups in total. The molecule has 15 heavy (non-hydrogen) atoms. The van der Waals surface area contributed by atoms with Crippen molar-refractivity contribution in [2.75, 3.05) is 5.73 Å². The van der Waals surface area contributed by atoms with Crippen LogP contribution in [-0.4, -0.2) is 26.1 Å². The standard InChI is InChI=1S/C8H8N6O/c9-7-6(8(10)15)14-5(3-11-7)4-1-12-13-2-4/h1-3H,(H2,9,11)(H2,10,15)(H,12,13). The summed E-state index contributed by atoms with van der Waals surface area (Å²) in [5.41, 5.74) is 11.7. The van der Waals surface area contributed by atoms with Crippen LogP contribution in [-0.2, 0) is 0 Å². The highest BCUT2D eigenvalue weighted by Gasteiger charge is 2.11. The molecule has 2 aromatic heterocycles. The van der Waals surface area contributed by atoms with E-state index in [0.29, 0.717) is 11.3 Å². The third kappa shape index (κ3) is 1.62. The summed E-state index contributed by atoms with van der Waals surface area (Å²) >= 11 is 0. The van der Waals surface area contributed by atoms with Gasteiger partial charge in [-0.25, -0.2) is 9.97 Å². The fraction of sp³-hybridized carbons (Fsp3) is 0. The van der Waals surface area contributed by atoms with Gasteiger partial charge in [0.2, 0.25) is 0 Å². The fourth-order valence-electron chi connectivity index (χ4n) is 1.11. The predicted molar refractivity (Wildman–Crippen MR) is 52.5 cm³/mol. The Kier molecular flexibility index (Phi) is 2.05. The number of carbonyl (C=O) groups excluding carboxylic acids is 1. The number of H-pyrrole nitrogens is 1. The van der Waals surface area contributed by atoms with Crippen molar-refractivity contribution in [3.05, 3.63) is 24.3 Å². The Morgan fingerprint density at radius 1 is 1.40 bits per heavy atom. The van der Waals surface area contributed by atoms with Crippen molar-refractivity contribution >= 4 is 11.7 Å². The first-order valence-electron chi connectivity index (χ1n) is 4.10. The summed E-state index contributed by atoms with van der Waals surface area (Å²) in [6.07, 6.45) is 4.64. The van der Waals surface area contributed by atoms with Crippen LogP contribution in [0.5, 0.6) is 0 Å². The summed E-state index contributed by atoms with van der Waals surface area (Å²) in [6.45, 7) is 0. The number of primary amides is 1. The second-order valence-corrected chi connectivity index (χ2v) is 2.84. The molecular formula is C8H8N6O. The van der Waals surface area contributed by atoms with Crippen molar-refractivity contribution < 1.29 is 4.79 Å². The van der Waals surface area contributed by atoms with Gasteiger partial charge >= 0.3 is 0 Å². The van der Waals surface area contributed by atoms with Crippen molar-refractivity contribution in [1.82, 2.24) is 20.2 Å². The van der Waals surface area contributed by atoms with Gasteiger partial charge in [-0.15, -0.1) is 0 Å². The first-order chi connectivity index (χ1) is 7.18. The third-order valence-corrected chi connectivity index (χ3v) is 1.83. The summed E-state index contributed by atoms with van der Waals surface area (Å²) in [5, 5.41) is 6.38. The van der Waals surface area contributed by atoms with Gasteiger partial charge in [-0.1, -0.05) is 0 Å².